The molecule has 0 bridgehead atoms. The van der Waals surface area contributed by atoms with Crippen molar-refractivity contribution in [2.75, 3.05) is 11.1 Å². The standard InChI is InChI=1S/C22H17F5N6O3/c1-9-17-18(20(28)30-10(2)29-17)33(32-9)16-8-13(23)15(7-14(16)24)31-21(35)19(34)11-4-3-5-12(6-11)36-22(25,26)27/h3-8,19,34H,1-2H3,(H,31,35)(H2,28,29,30). The van der Waals surface area contributed by atoms with Crippen molar-refractivity contribution in [3.05, 3.63) is 65.1 Å². The summed E-state index contributed by atoms with van der Waals surface area (Å²) in [4.78, 5) is 20.7. The van der Waals surface area contributed by atoms with Gasteiger partial charge in [-0.2, -0.15) is 5.10 Å². The highest BCUT2D eigenvalue weighted by atomic mass is 19.4. The summed E-state index contributed by atoms with van der Waals surface area (Å²) in [5.74, 6) is -3.64. The number of fused-ring (bicyclic) bond motifs is 1. The molecule has 2 aromatic carbocycles. The van der Waals surface area contributed by atoms with Crippen molar-refractivity contribution in [1.82, 2.24) is 19.7 Å². The molecule has 0 aliphatic carbocycles. The van der Waals surface area contributed by atoms with Crippen molar-refractivity contribution in [2.24, 2.45) is 0 Å². The number of benzene rings is 2. The van der Waals surface area contributed by atoms with Gasteiger partial charge in [0.05, 0.1) is 11.4 Å². The molecule has 4 N–H and O–H groups in total. The number of carbonyl (C=O) groups excluding carboxylic acids is 1. The first kappa shape index (κ1) is 24.8. The monoisotopic (exact) mass is 508 g/mol. The predicted octanol–water partition coefficient (Wildman–Crippen LogP) is 3.86. The third-order valence-electron chi connectivity index (χ3n) is 5.01. The first-order valence-corrected chi connectivity index (χ1v) is 10.2. The number of aromatic nitrogens is 4. The number of aliphatic hydroxyl groups is 1. The number of carbonyl (C=O) groups is 1. The average Bonchev–Trinajstić information content (AvgIpc) is 3.10. The van der Waals surface area contributed by atoms with E-state index in [4.69, 9.17) is 5.73 Å². The highest BCUT2D eigenvalue weighted by molar-refractivity contribution is 5.95. The number of ether oxygens (including phenoxy) is 1. The van der Waals surface area contributed by atoms with Crippen LogP contribution in [0.15, 0.2) is 36.4 Å². The SMILES string of the molecule is Cc1nc(N)c2c(n1)c(C)nn2-c1cc(F)c(NC(=O)C(O)c2cccc(OC(F)(F)F)c2)cc1F. The fraction of sp³-hybridized carbons (Fsp3) is 0.182. The molecule has 36 heavy (non-hydrogen) atoms. The quantitative estimate of drug-likeness (QED) is 0.349. The summed E-state index contributed by atoms with van der Waals surface area (Å²) in [6, 6.07) is 5.45. The molecule has 1 unspecified atom stereocenters. The molecule has 0 aliphatic heterocycles. The zero-order valence-corrected chi connectivity index (χ0v) is 18.6. The third-order valence-corrected chi connectivity index (χ3v) is 5.01. The summed E-state index contributed by atoms with van der Waals surface area (Å²) in [6.07, 6.45) is -7.00. The van der Waals surface area contributed by atoms with Gasteiger partial charge in [0.25, 0.3) is 5.91 Å². The van der Waals surface area contributed by atoms with Gasteiger partial charge in [0.2, 0.25) is 0 Å². The zero-order valence-electron chi connectivity index (χ0n) is 18.6. The van der Waals surface area contributed by atoms with E-state index in [2.05, 4.69) is 19.8 Å². The van der Waals surface area contributed by atoms with Crippen LogP contribution < -0.4 is 15.8 Å². The van der Waals surface area contributed by atoms with E-state index in [-0.39, 0.29) is 22.6 Å². The lowest BCUT2D eigenvalue weighted by Gasteiger charge is -2.15. The molecule has 9 nitrogen and oxygen atoms in total. The Morgan fingerprint density at radius 1 is 1.14 bits per heavy atom. The van der Waals surface area contributed by atoms with Crippen molar-refractivity contribution in [3.8, 4) is 11.4 Å². The lowest BCUT2D eigenvalue weighted by Crippen LogP contribution is -2.22. The molecule has 0 spiro atoms. The number of nitrogens with zero attached hydrogens (tertiary/aromatic N) is 4. The van der Waals surface area contributed by atoms with E-state index in [9.17, 15) is 27.5 Å². The number of nitrogen functional groups attached to an aromatic ring is 1. The van der Waals surface area contributed by atoms with E-state index < -0.39 is 41.4 Å². The molecule has 14 heteroatoms. The average molecular weight is 508 g/mol. The highest BCUT2D eigenvalue weighted by Gasteiger charge is 2.31. The number of nitrogens with one attached hydrogen (secondary N) is 1. The second-order valence-electron chi connectivity index (χ2n) is 7.65. The van der Waals surface area contributed by atoms with Crippen molar-refractivity contribution in [1.29, 1.82) is 0 Å². The van der Waals surface area contributed by atoms with Gasteiger partial charge in [-0.1, -0.05) is 12.1 Å². The molecule has 0 saturated heterocycles. The predicted molar refractivity (Wildman–Crippen MR) is 117 cm³/mol. The summed E-state index contributed by atoms with van der Waals surface area (Å²) in [5, 5.41) is 16.4. The van der Waals surface area contributed by atoms with Crippen LogP contribution in [0.4, 0.5) is 33.5 Å². The van der Waals surface area contributed by atoms with Crippen molar-refractivity contribution >= 4 is 28.4 Å². The van der Waals surface area contributed by atoms with Gasteiger partial charge in [0.1, 0.15) is 34.1 Å². The zero-order chi connectivity index (χ0) is 26.4. The van der Waals surface area contributed by atoms with Crippen LogP contribution in [-0.4, -0.2) is 37.1 Å². The van der Waals surface area contributed by atoms with Crippen molar-refractivity contribution in [3.63, 3.8) is 0 Å². The van der Waals surface area contributed by atoms with Crippen molar-refractivity contribution < 1.29 is 36.6 Å². The van der Waals surface area contributed by atoms with Gasteiger partial charge in [0.15, 0.2) is 17.7 Å². The number of rotatable bonds is 5. The second-order valence-corrected chi connectivity index (χ2v) is 7.65. The van der Waals surface area contributed by atoms with Gasteiger partial charge in [-0.05, 0) is 31.5 Å². The molecule has 1 amide bonds. The van der Waals surface area contributed by atoms with Crippen LogP contribution in [0.2, 0.25) is 0 Å². The highest BCUT2D eigenvalue weighted by Crippen LogP contribution is 2.30. The molecule has 0 fully saturated rings. The fourth-order valence-corrected chi connectivity index (χ4v) is 3.50. The first-order chi connectivity index (χ1) is 16.8. The maximum Gasteiger partial charge on any atom is 0.573 e. The van der Waals surface area contributed by atoms with Crippen LogP contribution in [0.3, 0.4) is 0 Å². The lowest BCUT2D eigenvalue weighted by molar-refractivity contribution is -0.274. The normalized spacial score (nSPS) is 12.6. The van der Waals surface area contributed by atoms with Gasteiger partial charge in [-0.15, -0.1) is 13.2 Å². The van der Waals surface area contributed by atoms with Crippen LogP contribution in [0.25, 0.3) is 16.7 Å². The van der Waals surface area contributed by atoms with E-state index in [1.807, 2.05) is 5.32 Å². The van der Waals surface area contributed by atoms with E-state index in [1.54, 1.807) is 13.8 Å². The van der Waals surface area contributed by atoms with Crippen LogP contribution in [0.1, 0.15) is 23.2 Å². The van der Waals surface area contributed by atoms with Crippen LogP contribution in [0, 0.1) is 25.5 Å². The number of anilines is 2. The fourth-order valence-electron chi connectivity index (χ4n) is 3.50. The second kappa shape index (κ2) is 9.03. The number of nitrogens with two attached hydrogens (primary N) is 1. The van der Waals surface area contributed by atoms with Crippen LogP contribution >= 0.6 is 0 Å². The van der Waals surface area contributed by atoms with Gasteiger partial charge in [-0.25, -0.2) is 23.4 Å². The summed E-state index contributed by atoms with van der Waals surface area (Å²) in [7, 11) is 0. The Balaban J connectivity index is 1.62. The first-order valence-electron chi connectivity index (χ1n) is 10.2. The Bertz CT molecular complexity index is 1490. The summed E-state index contributed by atoms with van der Waals surface area (Å²) >= 11 is 0. The van der Waals surface area contributed by atoms with Crippen LogP contribution in [0.5, 0.6) is 5.75 Å². The minimum atomic E-state index is -4.98. The van der Waals surface area contributed by atoms with Crippen molar-refractivity contribution in [2.45, 2.75) is 26.3 Å². The molecule has 4 aromatic rings. The van der Waals surface area contributed by atoms with E-state index in [0.29, 0.717) is 23.1 Å². The third kappa shape index (κ3) is 4.88. The lowest BCUT2D eigenvalue weighted by atomic mass is 10.1. The molecule has 2 heterocycles. The number of alkyl halides is 3. The van der Waals surface area contributed by atoms with E-state index >= 15 is 4.39 Å². The minimum Gasteiger partial charge on any atom is -0.406 e. The molecule has 188 valence electrons. The molecule has 0 radical (unpaired) electrons. The number of hydrogen-bond donors (Lipinski definition) is 3. The maximum absolute atomic E-state index is 15.0. The van der Waals surface area contributed by atoms with E-state index in [0.717, 1.165) is 35.0 Å². The van der Waals surface area contributed by atoms with Gasteiger partial charge in [-0.3, -0.25) is 4.79 Å². The van der Waals surface area contributed by atoms with E-state index in [1.165, 1.54) is 0 Å². The molecular weight excluding hydrogens is 491 g/mol. The molecule has 4 rings (SSSR count). The number of aryl methyl sites for hydroxylation is 2. The smallest absolute Gasteiger partial charge is 0.406 e. The molecule has 0 aliphatic rings. The summed E-state index contributed by atoms with van der Waals surface area (Å²) in [5.41, 5.74) is 5.59. The Hall–Kier alpha value is -4.33. The topological polar surface area (TPSA) is 128 Å². The Kier molecular flexibility index (Phi) is 6.22. The number of hydrogen-bond acceptors (Lipinski definition) is 7. The Labute approximate surface area is 199 Å². The maximum atomic E-state index is 15.0. The van der Waals surface area contributed by atoms with Crippen LogP contribution in [-0.2, 0) is 4.79 Å². The summed E-state index contributed by atoms with van der Waals surface area (Å²) in [6.45, 7) is 3.21. The van der Waals surface area contributed by atoms with Gasteiger partial charge >= 0.3 is 6.36 Å². The molecular formula is C22H17F5N6O3. The molecule has 2 aromatic heterocycles. The summed E-state index contributed by atoms with van der Waals surface area (Å²) < 4.78 is 71.9. The molecule has 1 atom stereocenters. The molecule has 0 saturated carbocycles. The largest absolute Gasteiger partial charge is 0.573 e. The number of halogens is 5. The Morgan fingerprint density at radius 3 is 2.56 bits per heavy atom. The minimum absolute atomic E-state index is 0.00450. The van der Waals surface area contributed by atoms with Gasteiger partial charge in [0, 0.05) is 12.1 Å². The number of amides is 1. The Morgan fingerprint density at radius 2 is 1.86 bits per heavy atom. The number of aliphatic hydroxyl groups excluding tert-OH is 1. The van der Waals surface area contributed by atoms with Gasteiger partial charge < -0.3 is 20.9 Å².